The smallest absolute Gasteiger partial charge is 0.0541 e. The van der Waals surface area contributed by atoms with Crippen LogP contribution in [-0.2, 0) is 0 Å². The molecule has 0 saturated heterocycles. The molecule has 1 aromatic heterocycles. The van der Waals surface area contributed by atoms with Gasteiger partial charge in [0.1, 0.15) is 0 Å². The molecule has 0 amide bonds. The second-order valence-electron chi connectivity index (χ2n) is 15.0. The predicted octanol–water partition coefficient (Wildman–Crippen LogP) is 15.6. The fourth-order valence-corrected chi connectivity index (χ4v) is 8.62. The van der Waals surface area contributed by atoms with Crippen molar-refractivity contribution in [3.63, 3.8) is 0 Å². The lowest BCUT2D eigenvalue weighted by Gasteiger charge is -2.26. The normalized spacial score (nSPS) is 11.4. The quantitative estimate of drug-likeness (QED) is 0.158. The van der Waals surface area contributed by atoms with Crippen LogP contribution in [0.3, 0.4) is 0 Å². The van der Waals surface area contributed by atoms with Crippen molar-refractivity contribution in [1.29, 1.82) is 0 Å². The van der Waals surface area contributed by atoms with Gasteiger partial charge in [-0.25, -0.2) is 0 Å². The topological polar surface area (TPSA) is 8.17 Å². The van der Waals surface area contributed by atoms with E-state index in [1.54, 1.807) is 0 Å². The summed E-state index contributed by atoms with van der Waals surface area (Å²) >= 11 is 0. The molecule has 0 bridgehead atoms. The highest BCUT2D eigenvalue weighted by Gasteiger charge is 2.16. The maximum Gasteiger partial charge on any atom is 0.0541 e. The van der Waals surface area contributed by atoms with E-state index < -0.39 is 0 Å². The van der Waals surface area contributed by atoms with E-state index in [4.69, 9.17) is 0 Å². The molecule has 2 heteroatoms. The summed E-state index contributed by atoms with van der Waals surface area (Å²) in [5, 5.41) is 7.41. The summed E-state index contributed by atoms with van der Waals surface area (Å²) < 4.78 is 2.39. The number of aromatic nitrogens is 1. The van der Waals surface area contributed by atoms with E-state index in [-0.39, 0.29) is 0 Å². The van der Waals surface area contributed by atoms with Crippen LogP contribution in [0.4, 0.5) is 17.1 Å². The summed E-state index contributed by atoms with van der Waals surface area (Å²) in [7, 11) is 0. The molecule has 0 unspecified atom stereocenters. The summed E-state index contributed by atoms with van der Waals surface area (Å²) in [6.07, 6.45) is 0. The van der Waals surface area contributed by atoms with Crippen LogP contribution in [0.5, 0.6) is 0 Å². The van der Waals surface area contributed by atoms with Gasteiger partial charge in [0.15, 0.2) is 0 Å². The monoisotopic (exact) mass is 738 g/mol. The van der Waals surface area contributed by atoms with Gasteiger partial charge in [0.05, 0.1) is 11.0 Å². The molecular weight excluding hydrogens is 701 g/mol. The van der Waals surface area contributed by atoms with Gasteiger partial charge in [-0.2, -0.15) is 0 Å². The van der Waals surface area contributed by atoms with E-state index in [2.05, 4.69) is 240 Å². The molecule has 2 nitrogen and oxygen atoms in total. The SMILES string of the molecule is c1ccc(-c2ccc(-n3c4ccccc4c4cc(-c5cccc(-c6ccc(N(c7ccc8ccccc8c7)c7ccc8ccccc8c7)cc6)c5)ccc43)cc2)cc1. The van der Waals surface area contributed by atoms with E-state index >= 15 is 0 Å². The number of hydrogen-bond acceptors (Lipinski definition) is 1. The lowest BCUT2D eigenvalue weighted by atomic mass is 9.97. The van der Waals surface area contributed by atoms with Crippen molar-refractivity contribution in [3.05, 3.63) is 231 Å². The Kier molecular flexibility index (Phi) is 8.19. The summed E-state index contributed by atoms with van der Waals surface area (Å²) in [5.74, 6) is 0. The van der Waals surface area contributed by atoms with Crippen molar-refractivity contribution in [3.8, 4) is 39.1 Å². The first kappa shape index (κ1) is 33.6. The van der Waals surface area contributed by atoms with E-state index in [1.807, 2.05) is 0 Å². The van der Waals surface area contributed by atoms with Crippen LogP contribution < -0.4 is 4.90 Å². The number of nitrogens with zero attached hydrogens (tertiary/aromatic N) is 2. The number of hydrogen-bond donors (Lipinski definition) is 0. The molecule has 1 heterocycles. The Labute approximate surface area is 338 Å². The van der Waals surface area contributed by atoms with E-state index in [0.29, 0.717) is 0 Å². The molecule has 10 aromatic carbocycles. The molecule has 58 heavy (non-hydrogen) atoms. The molecule has 11 aromatic rings. The van der Waals surface area contributed by atoms with Crippen molar-refractivity contribution in [2.24, 2.45) is 0 Å². The molecular formula is C56H38N2. The molecule has 11 rings (SSSR count). The molecule has 0 aliphatic heterocycles. The van der Waals surface area contributed by atoms with Crippen molar-refractivity contribution >= 4 is 60.4 Å². The minimum atomic E-state index is 1.11. The molecule has 0 N–H and O–H groups in total. The Balaban J connectivity index is 0.945. The fraction of sp³-hybridized carbons (Fsp3) is 0. The van der Waals surface area contributed by atoms with Gasteiger partial charge in [-0.15, -0.1) is 0 Å². The Morgan fingerprint density at radius 2 is 0.724 bits per heavy atom. The Morgan fingerprint density at radius 1 is 0.259 bits per heavy atom. The van der Waals surface area contributed by atoms with Crippen LogP contribution in [0, 0.1) is 0 Å². The van der Waals surface area contributed by atoms with Gasteiger partial charge in [-0.3, -0.25) is 0 Å². The van der Waals surface area contributed by atoms with Gasteiger partial charge < -0.3 is 9.47 Å². The first-order chi connectivity index (χ1) is 28.7. The fourth-order valence-electron chi connectivity index (χ4n) is 8.62. The zero-order chi connectivity index (χ0) is 38.4. The Morgan fingerprint density at radius 3 is 1.41 bits per heavy atom. The number of rotatable bonds is 7. The maximum atomic E-state index is 2.39. The number of para-hydroxylation sites is 1. The average molecular weight is 739 g/mol. The van der Waals surface area contributed by atoms with Crippen LogP contribution in [0.25, 0.3) is 82.4 Å². The van der Waals surface area contributed by atoms with Crippen molar-refractivity contribution in [1.82, 2.24) is 4.57 Å². The number of anilines is 3. The summed E-state index contributed by atoms with van der Waals surface area (Å²) in [4.78, 5) is 2.36. The van der Waals surface area contributed by atoms with E-state index in [1.165, 1.54) is 76.7 Å². The van der Waals surface area contributed by atoms with Crippen molar-refractivity contribution < 1.29 is 0 Å². The Hall–Kier alpha value is -7.68. The lowest BCUT2D eigenvalue weighted by Crippen LogP contribution is -2.09. The third-order valence-corrected chi connectivity index (χ3v) is 11.5. The van der Waals surface area contributed by atoms with Crippen LogP contribution in [0.2, 0.25) is 0 Å². The van der Waals surface area contributed by atoms with E-state index in [0.717, 1.165) is 22.7 Å². The minimum absolute atomic E-state index is 1.11. The maximum absolute atomic E-state index is 2.39. The highest BCUT2D eigenvalue weighted by Crippen LogP contribution is 2.40. The van der Waals surface area contributed by atoms with E-state index in [9.17, 15) is 0 Å². The number of benzene rings is 10. The van der Waals surface area contributed by atoms with Gasteiger partial charge in [0, 0.05) is 33.5 Å². The van der Waals surface area contributed by atoms with Gasteiger partial charge >= 0.3 is 0 Å². The summed E-state index contributed by atoms with van der Waals surface area (Å²) in [5.41, 5.74) is 14.1. The zero-order valence-corrected chi connectivity index (χ0v) is 31.8. The highest BCUT2D eigenvalue weighted by atomic mass is 15.1. The van der Waals surface area contributed by atoms with Crippen LogP contribution in [0.15, 0.2) is 231 Å². The molecule has 272 valence electrons. The standard InChI is InChI=1S/C56H38N2/c1-2-11-39(12-3-1)42-21-30-50(31-22-42)58-55-20-9-8-19-53(55)54-38-48(27-34-56(54)58)45-18-10-17-44(35-45)43-23-28-49(29-24-43)57(51-32-25-40-13-4-6-15-46(40)36-51)52-33-26-41-14-5-7-16-47(41)37-52/h1-38H. The van der Waals surface area contributed by atoms with Crippen LogP contribution in [0.1, 0.15) is 0 Å². The minimum Gasteiger partial charge on any atom is -0.310 e. The summed E-state index contributed by atoms with van der Waals surface area (Å²) in [6.45, 7) is 0. The average Bonchev–Trinajstić information content (AvgIpc) is 3.63. The largest absolute Gasteiger partial charge is 0.310 e. The predicted molar refractivity (Wildman–Crippen MR) is 247 cm³/mol. The van der Waals surface area contributed by atoms with Gasteiger partial charge in [0.25, 0.3) is 0 Å². The first-order valence-electron chi connectivity index (χ1n) is 19.9. The van der Waals surface area contributed by atoms with Crippen molar-refractivity contribution in [2.45, 2.75) is 0 Å². The van der Waals surface area contributed by atoms with Gasteiger partial charge in [-0.1, -0.05) is 158 Å². The second kappa shape index (κ2) is 14.1. The molecule has 0 radical (unpaired) electrons. The zero-order valence-electron chi connectivity index (χ0n) is 31.8. The highest BCUT2D eigenvalue weighted by molar-refractivity contribution is 6.10. The van der Waals surface area contributed by atoms with Crippen LogP contribution in [-0.4, -0.2) is 4.57 Å². The van der Waals surface area contributed by atoms with Crippen molar-refractivity contribution in [2.75, 3.05) is 4.90 Å². The number of fused-ring (bicyclic) bond motifs is 5. The third-order valence-electron chi connectivity index (χ3n) is 11.5. The first-order valence-corrected chi connectivity index (χ1v) is 19.9. The lowest BCUT2D eigenvalue weighted by molar-refractivity contribution is 1.18. The Bertz CT molecular complexity index is 3190. The molecule has 0 fully saturated rings. The molecule has 0 aliphatic carbocycles. The molecule has 0 saturated carbocycles. The molecule has 0 spiro atoms. The second-order valence-corrected chi connectivity index (χ2v) is 15.0. The van der Waals surface area contributed by atoms with Crippen LogP contribution >= 0.6 is 0 Å². The third kappa shape index (κ3) is 6.00. The van der Waals surface area contributed by atoms with Gasteiger partial charge in [0.2, 0.25) is 0 Å². The molecule has 0 atom stereocenters. The van der Waals surface area contributed by atoms with Gasteiger partial charge in [-0.05, 0) is 128 Å². The molecule has 0 aliphatic rings. The summed E-state index contributed by atoms with van der Waals surface area (Å²) in [6, 6.07) is 83.7.